The van der Waals surface area contributed by atoms with Crippen molar-refractivity contribution in [1.29, 1.82) is 0 Å². The van der Waals surface area contributed by atoms with Crippen LogP contribution in [0.5, 0.6) is 0 Å². The summed E-state index contributed by atoms with van der Waals surface area (Å²) in [5, 5.41) is 0.134. The molecule has 2 aliphatic rings. The molecule has 0 atom stereocenters. The Bertz CT molecular complexity index is 1690. The summed E-state index contributed by atoms with van der Waals surface area (Å²) in [6, 6.07) is 10.4. The molecular weight excluding hydrogens is 683 g/mol. The number of benzene rings is 2. The normalized spacial score (nSPS) is 18.4. The van der Waals surface area contributed by atoms with Gasteiger partial charge in [0.1, 0.15) is 0 Å². The molecule has 0 spiro atoms. The van der Waals surface area contributed by atoms with Crippen molar-refractivity contribution in [1.82, 2.24) is 13.5 Å². The topological polar surface area (TPSA) is 132 Å². The van der Waals surface area contributed by atoms with Crippen LogP contribution in [-0.4, -0.2) is 110 Å². The van der Waals surface area contributed by atoms with E-state index in [0.717, 1.165) is 4.31 Å². The summed E-state index contributed by atoms with van der Waals surface area (Å²) in [5.41, 5.74) is 0.620. The molecule has 0 bridgehead atoms. The van der Waals surface area contributed by atoms with Crippen LogP contribution >= 0.6 is 23.2 Å². The fraction of sp³-hybridized carbons (Fsp3) is 0.552. The second kappa shape index (κ2) is 14.5. The van der Waals surface area contributed by atoms with Crippen LogP contribution in [-0.2, 0) is 34.7 Å². The van der Waals surface area contributed by atoms with Crippen LogP contribution in [0.2, 0.25) is 10.0 Å². The van der Waals surface area contributed by atoms with Gasteiger partial charge in [0.25, 0.3) is 0 Å². The Hall–Kier alpha value is -1.78. The van der Waals surface area contributed by atoms with Crippen molar-refractivity contribution in [2.75, 3.05) is 64.5 Å². The number of halogens is 2. The Morgan fingerprint density at radius 2 is 1.40 bits per heavy atom. The molecule has 0 aliphatic carbocycles. The zero-order valence-electron chi connectivity index (χ0n) is 25.6. The number of nitrogens with zero attached hydrogens (tertiary/aromatic N) is 4. The van der Waals surface area contributed by atoms with Gasteiger partial charge in [-0.25, -0.2) is 33.9 Å². The highest BCUT2D eigenvalue weighted by Crippen LogP contribution is 2.31. The number of rotatable bonds is 11. The zero-order chi connectivity index (χ0) is 33.2. The number of amides is 1. The summed E-state index contributed by atoms with van der Waals surface area (Å²) in [6.07, 6.45) is 3.55. The monoisotopic (exact) mass is 722 g/mol. The largest absolute Gasteiger partial charge is 0.312 e. The van der Waals surface area contributed by atoms with E-state index in [4.69, 9.17) is 23.2 Å². The molecule has 1 amide bonds. The number of likely N-dealkylation sites (tertiary alicyclic amines) is 1. The molecule has 11 nitrogen and oxygen atoms in total. The average Bonchev–Trinajstić information content (AvgIpc) is 3.00. The number of carbonyl (C=O) groups is 1. The lowest BCUT2D eigenvalue weighted by molar-refractivity contribution is -0.123. The predicted molar refractivity (Wildman–Crippen MR) is 177 cm³/mol. The molecule has 0 unspecified atom stereocenters. The van der Waals surface area contributed by atoms with Crippen LogP contribution in [0.4, 0.5) is 5.69 Å². The minimum atomic E-state index is -3.66. The maximum Gasteiger partial charge on any atom is 0.242 e. The third kappa shape index (κ3) is 8.58. The van der Waals surface area contributed by atoms with E-state index in [-0.39, 0.29) is 21.6 Å². The molecule has 4 rings (SSSR count). The summed E-state index contributed by atoms with van der Waals surface area (Å²) in [6.45, 7) is 2.79. The highest BCUT2D eigenvalue weighted by atomic mass is 35.5. The molecule has 16 heteroatoms. The molecule has 0 aromatic heterocycles. The van der Waals surface area contributed by atoms with Gasteiger partial charge in [0, 0.05) is 45.3 Å². The number of anilines is 1. The van der Waals surface area contributed by atoms with E-state index in [1.165, 1.54) is 48.9 Å². The standard InChI is InChI=1S/C29H40Cl2N4O7S3/c1-32(2)45(41,42)26-8-6-24(7-9-26)44(39,40)25-13-17-33(18-14-25)15-4-16-35(23-5-10-27(30)28(31)21-23)29(36)22-11-19-34(20-12-22)43(3,37)38/h5-10,21-22,25H,4,11-20H2,1-3H3. The van der Waals surface area contributed by atoms with Crippen molar-refractivity contribution in [3.05, 3.63) is 52.5 Å². The number of sulfone groups is 1. The summed E-state index contributed by atoms with van der Waals surface area (Å²) in [7, 11) is -7.77. The van der Waals surface area contributed by atoms with Crippen LogP contribution in [0.3, 0.4) is 0 Å². The van der Waals surface area contributed by atoms with Crippen molar-refractivity contribution in [2.45, 2.75) is 47.1 Å². The van der Waals surface area contributed by atoms with E-state index in [1.54, 1.807) is 23.1 Å². The van der Waals surface area contributed by atoms with Crippen molar-refractivity contribution in [2.24, 2.45) is 5.92 Å². The van der Waals surface area contributed by atoms with Gasteiger partial charge in [-0.15, -0.1) is 0 Å². The van der Waals surface area contributed by atoms with E-state index in [0.29, 0.717) is 87.1 Å². The number of carbonyl (C=O) groups excluding carboxylic acids is 1. The molecule has 45 heavy (non-hydrogen) atoms. The van der Waals surface area contributed by atoms with Crippen molar-refractivity contribution in [3.63, 3.8) is 0 Å². The van der Waals surface area contributed by atoms with Crippen molar-refractivity contribution in [3.8, 4) is 0 Å². The first-order valence-electron chi connectivity index (χ1n) is 14.7. The molecule has 2 aromatic carbocycles. The van der Waals surface area contributed by atoms with Crippen molar-refractivity contribution < 1.29 is 30.0 Å². The SMILES string of the molecule is CN(C)S(=O)(=O)c1ccc(S(=O)(=O)C2CCN(CCCN(C(=O)C3CCN(S(C)(=O)=O)CC3)c3ccc(Cl)c(Cl)c3)CC2)cc1. The lowest BCUT2D eigenvalue weighted by Gasteiger charge is -2.34. The predicted octanol–water partition coefficient (Wildman–Crippen LogP) is 3.58. The lowest BCUT2D eigenvalue weighted by atomic mass is 9.96. The van der Waals surface area contributed by atoms with E-state index in [1.807, 2.05) is 0 Å². The maximum absolute atomic E-state index is 13.7. The number of piperidine rings is 2. The minimum absolute atomic E-state index is 0.0361. The van der Waals surface area contributed by atoms with Gasteiger partial charge in [0.2, 0.25) is 26.0 Å². The molecule has 0 N–H and O–H groups in total. The van der Waals surface area contributed by atoms with E-state index < -0.39 is 35.1 Å². The number of hydrogen-bond donors (Lipinski definition) is 0. The maximum atomic E-state index is 13.7. The van der Waals surface area contributed by atoms with Gasteiger partial charge >= 0.3 is 0 Å². The summed E-state index contributed by atoms with van der Waals surface area (Å²) < 4.78 is 77.7. The number of sulfonamides is 2. The lowest BCUT2D eigenvalue weighted by Crippen LogP contribution is -2.45. The molecular formula is C29H40Cl2N4O7S3. The van der Waals surface area contributed by atoms with Crippen LogP contribution in [0.25, 0.3) is 0 Å². The molecule has 2 fully saturated rings. The van der Waals surface area contributed by atoms with Gasteiger partial charge in [-0.2, -0.15) is 0 Å². The Morgan fingerprint density at radius 1 is 0.822 bits per heavy atom. The van der Waals surface area contributed by atoms with E-state index in [2.05, 4.69) is 4.90 Å². The summed E-state index contributed by atoms with van der Waals surface area (Å²) in [5.74, 6) is -0.411. The quantitative estimate of drug-likeness (QED) is 0.344. The Kier molecular flexibility index (Phi) is 11.7. The first-order chi connectivity index (χ1) is 21.0. The van der Waals surface area contributed by atoms with Crippen LogP contribution < -0.4 is 4.90 Å². The Labute approximate surface area is 277 Å². The first-order valence-corrected chi connectivity index (χ1v) is 20.3. The zero-order valence-corrected chi connectivity index (χ0v) is 29.6. The van der Waals surface area contributed by atoms with Gasteiger partial charge in [-0.1, -0.05) is 23.2 Å². The van der Waals surface area contributed by atoms with Gasteiger partial charge in [-0.05, 0) is 94.2 Å². The molecule has 0 radical (unpaired) electrons. The third-order valence-corrected chi connectivity index (χ3v) is 14.7. The van der Waals surface area contributed by atoms with E-state index >= 15 is 0 Å². The van der Waals surface area contributed by atoms with Crippen LogP contribution in [0.15, 0.2) is 52.3 Å². The molecule has 250 valence electrons. The van der Waals surface area contributed by atoms with Crippen LogP contribution in [0.1, 0.15) is 32.1 Å². The summed E-state index contributed by atoms with van der Waals surface area (Å²) >= 11 is 12.4. The molecule has 2 aliphatic heterocycles. The van der Waals surface area contributed by atoms with Gasteiger partial charge in [0.05, 0.1) is 31.3 Å². The smallest absolute Gasteiger partial charge is 0.242 e. The van der Waals surface area contributed by atoms with Gasteiger partial charge in [-0.3, -0.25) is 4.79 Å². The average molecular weight is 724 g/mol. The van der Waals surface area contributed by atoms with Gasteiger partial charge in [0.15, 0.2) is 9.84 Å². The minimum Gasteiger partial charge on any atom is -0.312 e. The molecule has 2 aromatic rings. The highest BCUT2D eigenvalue weighted by Gasteiger charge is 2.34. The molecule has 0 saturated carbocycles. The number of hydrogen-bond acceptors (Lipinski definition) is 8. The molecule has 2 saturated heterocycles. The van der Waals surface area contributed by atoms with Crippen LogP contribution in [0, 0.1) is 5.92 Å². The second-order valence-electron chi connectivity index (χ2n) is 11.7. The summed E-state index contributed by atoms with van der Waals surface area (Å²) in [4.78, 5) is 17.7. The van der Waals surface area contributed by atoms with Crippen molar-refractivity contribution >= 4 is 64.7 Å². The second-order valence-corrected chi connectivity index (χ2v) is 18.9. The van der Waals surface area contributed by atoms with E-state index in [9.17, 15) is 30.0 Å². The fourth-order valence-electron chi connectivity index (χ4n) is 5.77. The highest BCUT2D eigenvalue weighted by molar-refractivity contribution is 7.92. The first kappa shape index (κ1) is 36.1. The third-order valence-electron chi connectivity index (χ3n) is 8.51. The fourth-order valence-corrected chi connectivity index (χ4v) is 9.57. The van der Waals surface area contributed by atoms with Gasteiger partial charge < -0.3 is 9.80 Å². The Balaban J connectivity index is 1.35. The Morgan fingerprint density at radius 3 is 1.93 bits per heavy atom. The molecule has 2 heterocycles.